The second-order valence-electron chi connectivity index (χ2n) is 5.56. The Morgan fingerprint density at radius 3 is 2.62 bits per heavy atom. The molecule has 0 atom stereocenters. The summed E-state index contributed by atoms with van der Waals surface area (Å²) < 4.78 is 5.05. The number of hydrogen-bond acceptors (Lipinski definition) is 6. The molecule has 0 bridgehead atoms. The Bertz CT molecular complexity index is 475. The first kappa shape index (κ1) is 18.4. The Labute approximate surface area is 144 Å². The Balaban J connectivity index is 1.70. The van der Waals surface area contributed by atoms with Crippen molar-refractivity contribution in [1.82, 2.24) is 25.5 Å². The normalized spacial score (nSPS) is 16.2. The van der Waals surface area contributed by atoms with Crippen molar-refractivity contribution >= 4 is 11.9 Å². The predicted molar refractivity (Wildman–Crippen MR) is 96.5 cm³/mol. The smallest absolute Gasteiger partial charge is 0.225 e. The van der Waals surface area contributed by atoms with Crippen LogP contribution in [0, 0.1) is 0 Å². The minimum Gasteiger partial charge on any atom is -0.383 e. The summed E-state index contributed by atoms with van der Waals surface area (Å²) in [6.07, 6.45) is 3.59. The molecule has 8 heteroatoms. The summed E-state index contributed by atoms with van der Waals surface area (Å²) in [7, 11) is 1.70. The molecule has 0 spiro atoms. The van der Waals surface area contributed by atoms with Gasteiger partial charge in [0.1, 0.15) is 0 Å². The van der Waals surface area contributed by atoms with Crippen molar-refractivity contribution < 1.29 is 4.74 Å². The molecule has 0 radical (unpaired) electrons. The summed E-state index contributed by atoms with van der Waals surface area (Å²) in [4.78, 5) is 17.9. The van der Waals surface area contributed by atoms with Gasteiger partial charge in [-0.2, -0.15) is 0 Å². The fourth-order valence-corrected chi connectivity index (χ4v) is 2.54. The number of piperazine rings is 1. The van der Waals surface area contributed by atoms with E-state index in [0.29, 0.717) is 6.61 Å². The van der Waals surface area contributed by atoms with E-state index in [1.165, 1.54) is 0 Å². The van der Waals surface area contributed by atoms with Crippen molar-refractivity contribution in [1.29, 1.82) is 0 Å². The van der Waals surface area contributed by atoms with Crippen molar-refractivity contribution in [2.75, 3.05) is 71.0 Å². The van der Waals surface area contributed by atoms with Crippen molar-refractivity contribution in [3.63, 3.8) is 0 Å². The summed E-state index contributed by atoms with van der Waals surface area (Å²) >= 11 is 0. The van der Waals surface area contributed by atoms with Gasteiger partial charge in [0, 0.05) is 65.3 Å². The largest absolute Gasteiger partial charge is 0.383 e. The summed E-state index contributed by atoms with van der Waals surface area (Å²) in [5.41, 5.74) is 0. The minimum atomic E-state index is 0.675. The van der Waals surface area contributed by atoms with Gasteiger partial charge < -0.3 is 20.3 Å². The summed E-state index contributed by atoms with van der Waals surface area (Å²) in [6.45, 7) is 10.1. The van der Waals surface area contributed by atoms with Crippen LogP contribution < -0.4 is 15.5 Å². The van der Waals surface area contributed by atoms with Gasteiger partial charge in [-0.15, -0.1) is 0 Å². The van der Waals surface area contributed by atoms with E-state index in [1.807, 2.05) is 6.07 Å². The van der Waals surface area contributed by atoms with E-state index in [0.717, 1.165) is 64.3 Å². The number of aliphatic imine (C=N–C) groups is 1. The zero-order valence-corrected chi connectivity index (χ0v) is 14.7. The number of methoxy groups -OCH3 is 1. The zero-order valence-electron chi connectivity index (χ0n) is 14.7. The first-order chi connectivity index (χ1) is 11.8. The van der Waals surface area contributed by atoms with E-state index >= 15 is 0 Å². The molecular formula is C16H29N7O. The van der Waals surface area contributed by atoms with Crippen LogP contribution in [0.25, 0.3) is 0 Å². The molecule has 2 rings (SSSR count). The number of nitrogens with zero attached hydrogens (tertiary/aromatic N) is 5. The van der Waals surface area contributed by atoms with Gasteiger partial charge in [-0.05, 0) is 13.0 Å². The van der Waals surface area contributed by atoms with Crippen LogP contribution in [-0.2, 0) is 4.74 Å². The second kappa shape index (κ2) is 10.8. The average Bonchev–Trinajstić information content (AvgIpc) is 2.63. The molecule has 2 heterocycles. The van der Waals surface area contributed by atoms with Gasteiger partial charge >= 0.3 is 0 Å². The highest BCUT2D eigenvalue weighted by Crippen LogP contribution is 2.09. The van der Waals surface area contributed by atoms with Gasteiger partial charge in [0.2, 0.25) is 5.95 Å². The van der Waals surface area contributed by atoms with Crippen LogP contribution in [0.2, 0.25) is 0 Å². The molecule has 1 aliphatic heterocycles. The van der Waals surface area contributed by atoms with Crippen LogP contribution in [0.3, 0.4) is 0 Å². The topological polar surface area (TPSA) is 77.9 Å². The lowest BCUT2D eigenvalue weighted by Crippen LogP contribution is -2.48. The molecule has 1 saturated heterocycles. The van der Waals surface area contributed by atoms with Crippen LogP contribution in [0.4, 0.5) is 5.95 Å². The summed E-state index contributed by atoms with van der Waals surface area (Å²) in [5, 5.41) is 6.51. The lowest BCUT2D eigenvalue weighted by atomic mass is 10.3. The van der Waals surface area contributed by atoms with Gasteiger partial charge in [-0.3, -0.25) is 9.89 Å². The fourth-order valence-electron chi connectivity index (χ4n) is 2.54. The highest BCUT2D eigenvalue weighted by atomic mass is 16.5. The second-order valence-corrected chi connectivity index (χ2v) is 5.56. The third-order valence-electron chi connectivity index (χ3n) is 3.84. The van der Waals surface area contributed by atoms with Crippen molar-refractivity contribution in [2.45, 2.75) is 6.92 Å². The summed E-state index contributed by atoms with van der Waals surface area (Å²) in [5.74, 6) is 1.68. The maximum Gasteiger partial charge on any atom is 0.225 e. The molecule has 2 N–H and O–H groups in total. The van der Waals surface area contributed by atoms with E-state index in [4.69, 9.17) is 4.74 Å². The van der Waals surface area contributed by atoms with E-state index in [-0.39, 0.29) is 0 Å². The molecule has 1 aromatic heterocycles. The Morgan fingerprint density at radius 2 is 1.96 bits per heavy atom. The maximum atomic E-state index is 5.05. The lowest BCUT2D eigenvalue weighted by molar-refractivity contribution is 0.203. The Hall–Kier alpha value is -1.93. The third-order valence-corrected chi connectivity index (χ3v) is 3.84. The quantitative estimate of drug-likeness (QED) is 0.387. The minimum absolute atomic E-state index is 0.675. The van der Waals surface area contributed by atoms with E-state index in [9.17, 15) is 0 Å². The highest BCUT2D eigenvalue weighted by Gasteiger charge is 2.18. The number of rotatable bonds is 8. The Morgan fingerprint density at radius 1 is 1.21 bits per heavy atom. The molecule has 134 valence electrons. The van der Waals surface area contributed by atoms with Gasteiger partial charge in [-0.1, -0.05) is 0 Å². The van der Waals surface area contributed by atoms with E-state index in [1.54, 1.807) is 19.5 Å². The zero-order chi connectivity index (χ0) is 17.0. The molecule has 1 aromatic rings. The van der Waals surface area contributed by atoms with Crippen LogP contribution in [0.5, 0.6) is 0 Å². The number of nitrogens with one attached hydrogen (secondary N) is 2. The number of hydrogen-bond donors (Lipinski definition) is 2. The molecule has 0 amide bonds. The van der Waals surface area contributed by atoms with Crippen LogP contribution in [-0.4, -0.2) is 86.9 Å². The molecule has 0 saturated carbocycles. The van der Waals surface area contributed by atoms with Crippen molar-refractivity contribution in [3.8, 4) is 0 Å². The molecule has 8 nitrogen and oxygen atoms in total. The van der Waals surface area contributed by atoms with Crippen molar-refractivity contribution in [3.05, 3.63) is 18.5 Å². The molecule has 24 heavy (non-hydrogen) atoms. The van der Waals surface area contributed by atoms with Gasteiger partial charge in [-0.25, -0.2) is 9.97 Å². The van der Waals surface area contributed by atoms with Gasteiger partial charge in [0.25, 0.3) is 0 Å². The average molecular weight is 335 g/mol. The fraction of sp³-hybridized carbons (Fsp3) is 0.688. The highest BCUT2D eigenvalue weighted by molar-refractivity contribution is 5.79. The summed E-state index contributed by atoms with van der Waals surface area (Å²) in [6, 6.07) is 1.85. The Kier molecular flexibility index (Phi) is 8.26. The van der Waals surface area contributed by atoms with E-state index in [2.05, 4.69) is 42.3 Å². The molecule has 1 aliphatic rings. The molecule has 0 unspecified atom stereocenters. The van der Waals surface area contributed by atoms with Gasteiger partial charge in [0.05, 0.1) is 13.2 Å². The molecular weight excluding hydrogens is 306 g/mol. The van der Waals surface area contributed by atoms with Crippen molar-refractivity contribution in [2.24, 2.45) is 4.99 Å². The number of anilines is 1. The first-order valence-electron chi connectivity index (χ1n) is 8.59. The molecule has 1 fully saturated rings. The van der Waals surface area contributed by atoms with Crippen LogP contribution >= 0.6 is 0 Å². The maximum absolute atomic E-state index is 5.05. The van der Waals surface area contributed by atoms with Crippen LogP contribution in [0.15, 0.2) is 23.5 Å². The third kappa shape index (κ3) is 6.29. The molecule has 0 aliphatic carbocycles. The van der Waals surface area contributed by atoms with E-state index < -0.39 is 0 Å². The number of aromatic nitrogens is 2. The number of ether oxygens (including phenoxy) is 1. The predicted octanol–water partition coefficient (Wildman–Crippen LogP) is -0.200. The number of guanidine groups is 1. The molecule has 0 aromatic carbocycles. The first-order valence-corrected chi connectivity index (χ1v) is 8.59. The van der Waals surface area contributed by atoms with Gasteiger partial charge in [0.15, 0.2) is 5.96 Å². The lowest BCUT2D eigenvalue weighted by Gasteiger charge is -2.34. The monoisotopic (exact) mass is 335 g/mol. The van der Waals surface area contributed by atoms with Crippen LogP contribution in [0.1, 0.15) is 6.92 Å². The standard InChI is InChI=1S/C16H29N7O/c1-3-17-15(19-8-14-24-2)18-7-9-22-10-12-23(13-11-22)16-20-5-4-6-21-16/h4-6H,3,7-14H2,1-2H3,(H2,17,18,19). The SMILES string of the molecule is CCNC(=NCCN1CCN(c2ncccn2)CC1)NCCOC.